The van der Waals surface area contributed by atoms with E-state index < -0.39 is 156 Å². The lowest BCUT2D eigenvalue weighted by atomic mass is 9.84. The maximum atomic E-state index is 14.3. The Labute approximate surface area is 598 Å². The van der Waals surface area contributed by atoms with E-state index in [1.54, 1.807) is 6.08 Å². The summed E-state index contributed by atoms with van der Waals surface area (Å²) in [5, 5.41) is 110. The number of hydrogen-bond donors (Lipinski definition) is 11. The number of unbranched alkanes of at least 4 members (excludes halogenated alkanes) is 39. The van der Waals surface area contributed by atoms with E-state index in [0.717, 1.165) is 96.0 Å². The highest BCUT2D eigenvalue weighted by Gasteiger charge is 2.58. The van der Waals surface area contributed by atoms with Gasteiger partial charge in [0.1, 0.15) is 98.7 Å². The molecule has 0 aromatic carbocycles. The third-order valence-electron chi connectivity index (χ3n) is 19.3. The fourth-order valence-electron chi connectivity index (χ4n) is 13.0. The van der Waals surface area contributed by atoms with Crippen molar-refractivity contribution >= 4 is 25.7 Å². The Morgan fingerprint density at radius 3 is 1.16 bits per heavy atom. The van der Waals surface area contributed by atoms with Crippen LogP contribution < -0.4 is 0 Å². The zero-order chi connectivity index (χ0) is 73.2. The van der Waals surface area contributed by atoms with Gasteiger partial charge in [-0.3, -0.25) is 18.6 Å². The highest BCUT2D eigenvalue weighted by molar-refractivity contribution is 7.47. The van der Waals surface area contributed by atoms with Gasteiger partial charge < -0.3 is 89.1 Å². The molecule has 0 bridgehead atoms. The summed E-state index contributed by atoms with van der Waals surface area (Å²) in [6.45, 7) is 3.36. The molecule has 18 atom stereocenters. The van der Waals surface area contributed by atoms with Crippen LogP contribution in [0, 0.1) is 0 Å². The Morgan fingerprint density at radius 2 is 0.760 bits per heavy atom. The van der Waals surface area contributed by atoms with Crippen LogP contribution in [0.2, 0.25) is 0 Å². The average molecular weight is 1450 g/mol. The lowest BCUT2D eigenvalue weighted by Gasteiger charge is -2.49. The molecule has 0 spiro atoms. The third-order valence-corrected chi connectivity index (χ3v) is 20.3. The predicted octanol–water partition coefficient (Wildman–Crippen LogP) is 11.3. The van der Waals surface area contributed by atoms with Gasteiger partial charge in [-0.2, -0.15) is 0 Å². The van der Waals surface area contributed by atoms with Crippen LogP contribution >= 0.6 is 7.82 Å². The number of phosphoric ester groups is 1. The van der Waals surface area contributed by atoms with E-state index in [4.69, 9.17) is 42.2 Å². The van der Waals surface area contributed by atoms with Crippen molar-refractivity contribution in [2.75, 3.05) is 26.4 Å². The molecule has 586 valence electrons. The molecular formula is C75H137O24P. The quantitative estimate of drug-likeness (QED) is 0.00673. The zero-order valence-electron chi connectivity index (χ0n) is 61.2. The highest BCUT2D eigenvalue weighted by Crippen LogP contribution is 2.49. The molecule has 11 N–H and O–H groups in total. The Kier molecular flexibility index (Phi) is 52.0. The maximum Gasteiger partial charge on any atom is 0.472 e. The first-order valence-electron chi connectivity index (χ1n) is 39.2. The van der Waals surface area contributed by atoms with Gasteiger partial charge >= 0.3 is 25.7 Å². The molecule has 0 radical (unpaired) electrons. The Morgan fingerprint density at radius 1 is 0.410 bits per heavy atom. The predicted molar refractivity (Wildman–Crippen MR) is 379 cm³/mol. The summed E-state index contributed by atoms with van der Waals surface area (Å²) in [6, 6.07) is 0. The molecule has 3 fully saturated rings. The summed E-state index contributed by atoms with van der Waals surface area (Å²) in [6.07, 6.45) is 18.7. The number of ether oxygens (including phenoxy) is 7. The molecule has 0 aromatic heterocycles. The number of esters is 3. The number of phosphoric acid groups is 1. The van der Waals surface area contributed by atoms with Gasteiger partial charge in [-0.05, 0) is 25.7 Å². The van der Waals surface area contributed by atoms with Crippen LogP contribution in [-0.2, 0) is 61.2 Å². The summed E-state index contributed by atoms with van der Waals surface area (Å²) in [4.78, 5) is 50.9. The molecular weight excluding hydrogens is 1320 g/mol. The van der Waals surface area contributed by atoms with Gasteiger partial charge in [-0.15, -0.1) is 0 Å². The Hall–Kier alpha value is -2.56. The van der Waals surface area contributed by atoms with Gasteiger partial charge in [0.05, 0.1) is 13.2 Å². The van der Waals surface area contributed by atoms with Crippen LogP contribution in [0.4, 0.5) is 0 Å². The number of rotatable bonds is 61. The van der Waals surface area contributed by atoms with Crippen molar-refractivity contribution in [1.29, 1.82) is 0 Å². The number of aliphatic hydroxyl groups excluding tert-OH is 10. The van der Waals surface area contributed by atoms with Crippen LogP contribution in [0.15, 0.2) is 24.3 Å². The van der Waals surface area contributed by atoms with Gasteiger partial charge in [0.25, 0.3) is 0 Å². The molecule has 18 unspecified atom stereocenters. The van der Waals surface area contributed by atoms with Crippen molar-refractivity contribution in [3.05, 3.63) is 24.3 Å². The monoisotopic (exact) mass is 1450 g/mol. The number of hydrogen-bond acceptors (Lipinski definition) is 23. The Bertz CT molecular complexity index is 2160. The van der Waals surface area contributed by atoms with Crippen molar-refractivity contribution in [2.45, 2.75) is 407 Å². The van der Waals surface area contributed by atoms with Crippen LogP contribution in [0.3, 0.4) is 0 Å². The molecule has 25 heteroatoms. The van der Waals surface area contributed by atoms with Crippen LogP contribution in [0.5, 0.6) is 0 Å². The minimum Gasteiger partial charge on any atom is -0.463 e. The fourth-order valence-corrected chi connectivity index (χ4v) is 13.9. The van der Waals surface area contributed by atoms with Crippen LogP contribution in [0.25, 0.3) is 0 Å². The standard InChI is InChI=1S/C75H137O24P/c1-4-7-10-13-16-19-22-25-27-28-30-32-35-38-41-44-47-50-60(78)92-55-58-63(81)65(83)70(88)75(96-58)98-72-68(86)66(84)67(85)71(97-74-69(87)64(82)62(80)57(52-76)95-74)73(72)99-100(89,90)93-54-56(53-91-59(77)49-46-43-40-37-34-31-24-21-18-15-12-9-6-3)94-61(79)51-48-45-42-39-36-33-29-26-23-20-17-14-11-8-5-2/h42,45,48,51,56-58,62-76,80-88H,4-41,43-44,46-47,49-50,52-55H2,1-3H3,(H,89,90)/b45-42+,51-48+. The van der Waals surface area contributed by atoms with Crippen molar-refractivity contribution in [1.82, 2.24) is 0 Å². The van der Waals surface area contributed by atoms with Gasteiger partial charge in [0, 0.05) is 18.9 Å². The lowest BCUT2D eigenvalue weighted by molar-refractivity contribution is -0.360. The molecule has 2 saturated heterocycles. The number of carbonyl (C=O) groups excluding carboxylic acids is 3. The molecule has 2 aliphatic heterocycles. The number of carbonyl (C=O) groups is 3. The van der Waals surface area contributed by atoms with Crippen LogP contribution in [-0.4, -0.2) is 204 Å². The number of aliphatic hydroxyl groups is 10. The summed E-state index contributed by atoms with van der Waals surface area (Å²) >= 11 is 0. The highest BCUT2D eigenvalue weighted by atomic mass is 31.2. The second kappa shape index (κ2) is 56.7. The minimum absolute atomic E-state index is 0.0288. The summed E-state index contributed by atoms with van der Waals surface area (Å²) < 4.78 is 64.8. The van der Waals surface area contributed by atoms with E-state index in [9.17, 15) is 74.9 Å². The Balaban J connectivity index is 1.73. The van der Waals surface area contributed by atoms with Crippen molar-refractivity contribution < 1.29 is 117 Å². The molecule has 3 rings (SSSR count). The summed E-state index contributed by atoms with van der Waals surface area (Å²) in [5.74, 6) is -2.24. The maximum absolute atomic E-state index is 14.3. The molecule has 0 amide bonds. The largest absolute Gasteiger partial charge is 0.472 e. The van der Waals surface area contributed by atoms with Gasteiger partial charge in [0.2, 0.25) is 0 Å². The normalized spacial score (nSPS) is 27.4. The van der Waals surface area contributed by atoms with E-state index in [1.165, 1.54) is 173 Å². The van der Waals surface area contributed by atoms with Gasteiger partial charge in [0.15, 0.2) is 18.7 Å². The third kappa shape index (κ3) is 39.2. The van der Waals surface area contributed by atoms with E-state index in [2.05, 4.69) is 20.8 Å². The first kappa shape index (κ1) is 91.6. The molecule has 100 heavy (non-hydrogen) atoms. The molecule has 3 aliphatic rings. The van der Waals surface area contributed by atoms with E-state index in [-0.39, 0.29) is 12.8 Å². The first-order valence-corrected chi connectivity index (χ1v) is 40.7. The van der Waals surface area contributed by atoms with Crippen LogP contribution in [0.1, 0.15) is 303 Å². The first-order chi connectivity index (χ1) is 48.3. The van der Waals surface area contributed by atoms with Crippen molar-refractivity contribution in [3.63, 3.8) is 0 Å². The number of allylic oxidation sites excluding steroid dienone is 3. The second-order valence-electron chi connectivity index (χ2n) is 28.2. The smallest absolute Gasteiger partial charge is 0.463 e. The average Bonchev–Trinajstić information content (AvgIpc) is 0.761. The SMILES string of the molecule is CCCCCCCCCCCCC/C=C/C=C/C(=O)OC(COC(=O)CCCCCCCCCCCCCCC)COP(=O)(O)OC1C(OC2OC(CO)C(O)C(O)C2O)C(O)C(O)C(O)C1OC1OC(COC(=O)CCCCCCCCCCCCCCCCCCC)C(O)C(O)C1O. The van der Waals surface area contributed by atoms with Crippen molar-refractivity contribution in [2.24, 2.45) is 0 Å². The minimum atomic E-state index is -5.72. The molecule has 0 aromatic rings. The lowest BCUT2D eigenvalue weighted by Crippen LogP contribution is -2.69. The fraction of sp³-hybridized carbons (Fsp3) is 0.907. The summed E-state index contributed by atoms with van der Waals surface area (Å²) in [7, 11) is -5.72. The van der Waals surface area contributed by atoms with E-state index in [1.807, 2.05) is 6.08 Å². The molecule has 1 aliphatic carbocycles. The topological polar surface area (TPSA) is 374 Å². The van der Waals surface area contributed by atoms with E-state index in [0.29, 0.717) is 12.8 Å². The van der Waals surface area contributed by atoms with Crippen molar-refractivity contribution in [3.8, 4) is 0 Å². The molecule has 24 nitrogen and oxygen atoms in total. The van der Waals surface area contributed by atoms with E-state index >= 15 is 0 Å². The zero-order valence-corrected chi connectivity index (χ0v) is 62.1. The molecule has 2 heterocycles. The van der Waals surface area contributed by atoms with Gasteiger partial charge in [-0.25, -0.2) is 9.36 Å². The summed E-state index contributed by atoms with van der Waals surface area (Å²) in [5.41, 5.74) is 0. The second-order valence-corrected chi connectivity index (χ2v) is 29.6. The van der Waals surface area contributed by atoms with Gasteiger partial charge in [-0.1, -0.05) is 283 Å². The molecule has 1 saturated carbocycles.